The molecule has 0 aromatic carbocycles. The molecule has 1 aliphatic heterocycles. The van der Waals surface area contributed by atoms with Crippen LogP contribution < -0.4 is 16.6 Å². The molecule has 1 fully saturated rings. The number of nitrogens with one attached hydrogen (secondary N) is 1. The van der Waals surface area contributed by atoms with Crippen LogP contribution in [0.5, 0.6) is 0 Å². The lowest BCUT2D eigenvalue weighted by Gasteiger charge is -2.26. The number of nitrogens with zero attached hydrogens (tertiary/aromatic N) is 4. The number of fused-ring (bicyclic) bond motifs is 1. The summed E-state index contributed by atoms with van der Waals surface area (Å²) < 4.78 is 7.83. The van der Waals surface area contributed by atoms with Crippen molar-refractivity contribution in [3.8, 4) is 0 Å². The van der Waals surface area contributed by atoms with Crippen molar-refractivity contribution in [2.24, 2.45) is 14.1 Å². The van der Waals surface area contributed by atoms with E-state index in [-0.39, 0.29) is 11.2 Å². The fourth-order valence-corrected chi connectivity index (χ4v) is 2.81. The summed E-state index contributed by atoms with van der Waals surface area (Å²) in [6, 6.07) is 1.77. The lowest BCUT2D eigenvalue weighted by molar-refractivity contribution is 0.0398. The molecule has 3 heterocycles. The lowest BCUT2D eigenvalue weighted by atomic mass is 10.2. The van der Waals surface area contributed by atoms with Crippen LogP contribution in [0.2, 0.25) is 0 Å². The molecule has 2 aromatic heterocycles. The van der Waals surface area contributed by atoms with E-state index in [4.69, 9.17) is 4.74 Å². The summed E-state index contributed by atoms with van der Waals surface area (Å²) in [7, 11) is 3.10. The molecule has 3 rings (SSSR count). The normalized spacial score (nSPS) is 15.9. The van der Waals surface area contributed by atoms with Gasteiger partial charge in [-0.3, -0.25) is 18.8 Å². The number of hydrogen-bond acceptors (Lipinski definition) is 6. The van der Waals surface area contributed by atoms with Gasteiger partial charge in [0.1, 0.15) is 5.39 Å². The summed E-state index contributed by atoms with van der Waals surface area (Å²) in [5, 5.41) is 3.74. The Bertz CT molecular complexity index is 820. The van der Waals surface area contributed by atoms with Crippen LogP contribution >= 0.6 is 0 Å². The van der Waals surface area contributed by atoms with Crippen LogP contribution in [0.4, 0.5) is 5.69 Å². The molecule has 0 saturated carbocycles. The zero-order valence-corrected chi connectivity index (χ0v) is 13.4. The minimum Gasteiger partial charge on any atom is -0.383 e. The van der Waals surface area contributed by atoms with Gasteiger partial charge in [-0.1, -0.05) is 0 Å². The van der Waals surface area contributed by atoms with Gasteiger partial charge in [0.05, 0.1) is 18.9 Å². The van der Waals surface area contributed by atoms with Crippen LogP contribution in [0.3, 0.4) is 0 Å². The first-order valence-corrected chi connectivity index (χ1v) is 7.68. The van der Waals surface area contributed by atoms with Gasteiger partial charge in [-0.2, -0.15) is 0 Å². The van der Waals surface area contributed by atoms with Crippen LogP contribution in [0, 0.1) is 0 Å². The lowest BCUT2D eigenvalue weighted by Crippen LogP contribution is -2.39. The summed E-state index contributed by atoms with van der Waals surface area (Å²) >= 11 is 0. The third-order valence-electron chi connectivity index (χ3n) is 4.19. The Hall–Kier alpha value is -2.19. The molecule has 8 nitrogen and oxygen atoms in total. The van der Waals surface area contributed by atoms with Crippen LogP contribution in [-0.4, -0.2) is 58.4 Å². The Morgan fingerprint density at radius 2 is 1.96 bits per heavy atom. The van der Waals surface area contributed by atoms with E-state index in [2.05, 4.69) is 15.2 Å². The summed E-state index contributed by atoms with van der Waals surface area (Å²) in [5.74, 6) is 0. The van der Waals surface area contributed by atoms with Crippen molar-refractivity contribution in [3.05, 3.63) is 33.1 Å². The van der Waals surface area contributed by atoms with Crippen molar-refractivity contribution in [2.75, 3.05) is 44.7 Å². The molecule has 1 aliphatic rings. The largest absolute Gasteiger partial charge is 0.383 e. The molecule has 1 saturated heterocycles. The number of aryl methyl sites for hydroxylation is 1. The van der Waals surface area contributed by atoms with Gasteiger partial charge in [0.25, 0.3) is 5.56 Å². The van der Waals surface area contributed by atoms with E-state index in [0.717, 1.165) is 37.4 Å². The molecule has 124 valence electrons. The second-order valence-corrected chi connectivity index (χ2v) is 5.64. The van der Waals surface area contributed by atoms with E-state index >= 15 is 0 Å². The number of rotatable bonds is 4. The highest BCUT2D eigenvalue weighted by Crippen LogP contribution is 2.16. The van der Waals surface area contributed by atoms with Gasteiger partial charge in [0, 0.05) is 46.5 Å². The molecule has 0 unspecified atom stereocenters. The second-order valence-electron chi connectivity index (χ2n) is 5.64. The number of anilines is 1. The molecular weight excluding hydrogens is 298 g/mol. The number of pyridine rings is 1. The first kappa shape index (κ1) is 15.7. The fourth-order valence-electron chi connectivity index (χ4n) is 2.81. The van der Waals surface area contributed by atoms with E-state index in [1.54, 1.807) is 19.3 Å². The van der Waals surface area contributed by atoms with E-state index in [9.17, 15) is 9.59 Å². The van der Waals surface area contributed by atoms with Crippen LogP contribution in [-0.2, 0) is 18.8 Å². The van der Waals surface area contributed by atoms with Gasteiger partial charge < -0.3 is 10.1 Å². The molecule has 2 aromatic rings. The predicted octanol–water partition coefficient (Wildman–Crippen LogP) is -0.624. The number of aromatic nitrogens is 3. The van der Waals surface area contributed by atoms with Gasteiger partial charge in [-0.15, -0.1) is 0 Å². The Labute approximate surface area is 133 Å². The van der Waals surface area contributed by atoms with Crippen molar-refractivity contribution in [1.29, 1.82) is 0 Å². The van der Waals surface area contributed by atoms with Crippen molar-refractivity contribution >= 4 is 16.7 Å². The van der Waals surface area contributed by atoms with Crippen LogP contribution in [0.15, 0.2) is 21.9 Å². The van der Waals surface area contributed by atoms with Crippen LogP contribution in [0.25, 0.3) is 11.0 Å². The van der Waals surface area contributed by atoms with Crippen molar-refractivity contribution in [1.82, 2.24) is 19.0 Å². The average molecular weight is 319 g/mol. The number of ether oxygens (including phenoxy) is 1. The van der Waals surface area contributed by atoms with Crippen molar-refractivity contribution < 1.29 is 4.74 Å². The van der Waals surface area contributed by atoms with E-state index in [0.29, 0.717) is 23.3 Å². The quantitative estimate of drug-likeness (QED) is 0.809. The SMILES string of the molecule is Cn1c(=O)c2c(NCCN3CCOCC3)ccnc2n(C)c1=O. The van der Waals surface area contributed by atoms with Crippen molar-refractivity contribution in [2.45, 2.75) is 0 Å². The van der Waals surface area contributed by atoms with Crippen molar-refractivity contribution in [3.63, 3.8) is 0 Å². The first-order chi connectivity index (χ1) is 11.1. The Morgan fingerprint density at radius 3 is 2.70 bits per heavy atom. The smallest absolute Gasteiger partial charge is 0.332 e. The Balaban J connectivity index is 1.86. The third kappa shape index (κ3) is 2.99. The Kier molecular flexibility index (Phi) is 4.44. The zero-order valence-electron chi connectivity index (χ0n) is 13.4. The number of hydrogen-bond donors (Lipinski definition) is 1. The first-order valence-electron chi connectivity index (χ1n) is 7.68. The summed E-state index contributed by atoms with van der Waals surface area (Å²) in [5.41, 5.74) is 0.402. The van der Waals surface area contributed by atoms with Gasteiger partial charge >= 0.3 is 5.69 Å². The molecule has 0 amide bonds. The second kappa shape index (κ2) is 6.51. The molecule has 8 heteroatoms. The van der Waals surface area contributed by atoms with E-state index < -0.39 is 0 Å². The zero-order chi connectivity index (χ0) is 16.4. The predicted molar refractivity (Wildman–Crippen MR) is 88.0 cm³/mol. The highest BCUT2D eigenvalue weighted by atomic mass is 16.5. The molecule has 23 heavy (non-hydrogen) atoms. The molecule has 1 N–H and O–H groups in total. The van der Waals surface area contributed by atoms with E-state index in [1.807, 2.05) is 0 Å². The molecule has 0 bridgehead atoms. The highest BCUT2D eigenvalue weighted by Gasteiger charge is 2.14. The van der Waals surface area contributed by atoms with Gasteiger partial charge in [-0.25, -0.2) is 9.78 Å². The van der Waals surface area contributed by atoms with Gasteiger partial charge in [-0.05, 0) is 6.07 Å². The molecule has 0 spiro atoms. The third-order valence-corrected chi connectivity index (χ3v) is 4.19. The van der Waals surface area contributed by atoms with Crippen LogP contribution in [0.1, 0.15) is 0 Å². The monoisotopic (exact) mass is 319 g/mol. The summed E-state index contributed by atoms with van der Waals surface area (Å²) in [4.78, 5) is 30.9. The van der Waals surface area contributed by atoms with E-state index in [1.165, 1.54) is 11.6 Å². The molecule has 0 aliphatic carbocycles. The number of morpholine rings is 1. The Morgan fingerprint density at radius 1 is 1.22 bits per heavy atom. The fraction of sp³-hybridized carbons (Fsp3) is 0.533. The minimum atomic E-state index is -0.375. The standard InChI is InChI=1S/C15H21N5O3/c1-18-13-12(14(21)19(2)15(18)22)11(3-4-17-13)16-5-6-20-7-9-23-10-8-20/h3-4H,5-10H2,1-2H3,(H,16,17). The summed E-state index contributed by atoms with van der Waals surface area (Å²) in [6.07, 6.45) is 1.61. The maximum absolute atomic E-state index is 12.4. The van der Waals surface area contributed by atoms with Gasteiger partial charge in [0.2, 0.25) is 0 Å². The molecule has 0 atom stereocenters. The molecular formula is C15H21N5O3. The molecule has 0 radical (unpaired) electrons. The maximum Gasteiger partial charge on any atom is 0.332 e. The average Bonchev–Trinajstić information content (AvgIpc) is 2.59. The highest BCUT2D eigenvalue weighted by molar-refractivity contribution is 5.87. The summed E-state index contributed by atoms with van der Waals surface area (Å²) in [6.45, 7) is 4.97. The van der Waals surface area contributed by atoms with Gasteiger partial charge in [0.15, 0.2) is 5.65 Å². The minimum absolute atomic E-state index is 0.329. The maximum atomic E-state index is 12.4. The topological polar surface area (TPSA) is 81.4 Å².